The van der Waals surface area contributed by atoms with Crippen LogP contribution in [0.25, 0.3) is 0 Å². The molecule has 1 amide bonds. The van der Waals surface area contributed by atoms with Crippen molar-refractivity contribution < 1.29 is 67.7 Å². The highest BCUT2D eigenvalue weighted by Gasteiger charge is 2.73. The number of aliphatic hydroxyl groups is 2. The molecule has 1 heterocycles. The zero-order chi connectivity index (χ0) is 35.9. The van der Waals surface area contributed by atoms with Gasteiger partial charge in [-0.15, -0.1) is 0 Å². The molecule has 1 atom stereocenters. The summed E-state index contributed by atoms with van der Waals surface area (Å²) in [6.45, 7) is -3.35. The predicted octanol–water partition coefficient (Wildman–Crippen LogP) is 5.53. The number of amides is 1. The molecule has 7 nitrogen and oxygen atoms in total. The van der Waals surface area contributed by atoms with Gasteiger partial charge in [-0.3, -0.25) is 4.79 Å². The number of halogens is 9. The monoisotopic (exact) mass is 713 g/mol. The van der Waals surface area contributed by atoms with Gasteiger partial charge in [0, 0.05) is 24.2 Å². The fourth-order valence-corrected chi connectivity index (χ4v) is 7.64. The smallest absolute Gasteiger partial charge is 0.395 e. The van der Waals surface area contributed by atoms with Crippen LogP contribution < -0.4 is 0 Å². The van der Waals surface area contributed by atoms with Crippen LogP contribution in [0.2, 0.25) is 0 Å². The average molecular weight is 714 g/mol. The maximum atomic E-state index is 14.5. The lowest BCUT2D eigenvalue weighted by Crippen LogP contribution is -2.56. The summed E-state index contributed by atoms with van der Waals surface area (Å²) in [6, 6.07) is 7.43. The summed E-state index contributed by atoms with van der Waals surface area (Å²) in [6.07, 6.45) is -13.0. The predicted molar refractivity (Wildman–Crippen MR) is 150 cm³/mol. The Kier molecular flexibility index (Phi) is 10.0. The van der Waals surface area contributed by atoms with Gasteiger partial charge in [0.1, 0.15) is 22.2 Å². The van der Waals surface area contributed by atoms with Gasteiger partial charge in [-0.2, -0.15) is 26.3 Å². The molecule has 1 aliphatic rings. The van der Waals surface area contributed by atoms with Crippen molar-refractivity contribution in [3.05, 3.63) is 101 Å². The number of carbonyl (C=O) groups excluding carboxylic acids is 1. The van der Waals surface area contributed by atoms with Gasteiger partial charge in [-0.05, 0) is 55.3 Å². The molecule has 2 N–H and O–H groups in total. The molecule has 0 spiro atoms. The summed E-state index contributed by atoms with van der Waals surface area (Å²) in [7, 11) is -4.70. The Morgan fingerprint density at radius 3 is 1.85 bits per heavy atom. The molecule has 4 rings (SSSR count). The van der Waals surface area contributed by atoms with Crippen LogP contribution in [0.5, 0.6) is 0 Å². The minimum absolute atomic E-state index is 0.312. The topological polar surface area (TPSA) is 104 Å². The first-order valence-corrected chi connectivity index (χ1v) is 15.5. The van der Waals surface area contributed by atoms with Gasteiger partial charge in [-0.1, -0.05) is 30.3 Å². The van der Waals surface area contributed by atoms with Gasteiger partial charge >= 0.3 is 12.4 Å². The maximum Gasteiger partial charge on any atom is 0.430 e. The molecule has 1 fully saturated rings. The first-order chi connectivity index (χ1) is 22.2. The van der Waals surface area contributed by atoms with Crippen molar-refractivity contribution in [2.24, 2.45) is 5.41 Å². The van der Waals surface area contributed by atoms with E-state index >= 15 is 0 Å². The van der Waals surface area contributed by atoms with Gasteiger partial charge < -0.3 is 19.8 Å². The van der Waals surface area contributed by atoms with E-state index in [0.717, 1.165) is 35.2 Å². The lowest BCUT2D eigenvalue weighted by atomic mass is 9.88. The molecule has 262 valence electrons. The number of ether oxygens (including phenoxy) is 1. The van der Waals surface area contributed by atoms with Crippen LogP contribution in [0.15, 0.2) is 71.6 Å². The minimum Gasteiger partial charge on any atom is -0.395 e. The van der Waals surface area contributed by atoms with Crippen molar-refractivity contribution in [2.45, 2.75) is 47.5 Å². The Morgan fingerprint density at radius 1 is 0.854 bits per heavy atom. The fourth-order valence-electron chi connectivity index (χ4n) is 5.57. The van der Waals surface area contributed by atoms with E-state index in [0.29, 0.717) is 36.4 Å². The molecule has 1 unspecified atom stereocenters. The molecular weight excluding hydrogens is 685 g/mol. The molecule has 0 radical (unpaired) electrons. The van der Waals surface area contributed by atoms with Crippen molar-refractivity contribution in [3.63, 3.8) is 0 Å². The van der Waals surface area contributed by atoms with Crippen LogP contribution in [0.4, 0.5) is 39.5 Å². The molecule has 0 aliphatic carbocycles. The molecule has 3 aromatic rings. The molecule has 48 heavy (non-hydrogen) atoms. The van der Waals surface area contributed by atoms with Gasteiger partial charge in [-0.25, -0.2) is 21.6 Å². The van der Waals surface area contributed by atoms with Crippen LogP contribution in [-0.4, -0.2) is 68.1 Å². The second-order valence-electron chi connectivity index (χ2n) is 11.5. The van der Waals surface area contributed by atoms with Gasteiger partial charge in [0.05, 0.1) is 30.1 Å². The summed E-state index contributed by atoms with van der Waals surface area (Å²) in [5.41, 5.74) is -10.1. The Balaban J connectivity index is 1.87. The Bertz CT molecular complexity index is 1710. The molecule has 0 bridgehead atoms. The van der Waals surface area contributed by atoms with Crippen molar-refractivity contribution in [2.75, 3.05) is 26.3 Å². The number of sulfone groups is 1. The van der Waals surface area contributed by atoms with E-state index in [1.807, 2.05) is 0 Å². The second kappa shape index (κ2) is 13.0. The highest BCUT2D eigenvalue weighted by Crippen LogP contribution is 2.54. The largest absolute Gasteiger partial charge is 0.430 e. The average Bonchev–Trinajstić information content (AvgIpc) is 3.48. The highest BCUT2D eigenvalue weighted by atomic mass is 32.2. The summed E-state index contributed by atoms with van der Waals surface area (Å²) in [5.74, 6) is -4.63. The SMILES string of the molecule is CC(CO)(CO)C(=O)N1CCC(c2ccc(C(OCc3c(F)cccc3F)(C(F)(F)F)C(F)(F)F)cc2)(S(=O)(=O)c2ccc(F)cc2)C1. The van der Waals surface area contributed by atoms with Crippen molar-refractivity contribution in [3.8, 4) is 0 Å². The van der Waals surface area contributed by atoms with Gasteiger partial charge in [0.2, 0.25) is 5.91 Å². The van der Waals surface area contributed by atoms with Crippen LogP contribution in [0, 0.1) is 22.9 Å². The molecular formula is C31H28F9NO6S. The summed E-state index contributed by atoms with van der Waals surface area (Å²) in [5, 5.41) is 19.4. The standard InChI is InChI=1S/C31H28F9NO6S/c1-27(17-42,18-43)26(44)41-14-13-28(16-41,48(45,46)22-11-9-21(32)10-12-22)19-5-7-20(8-6-19)29(30(35,36)37,31(38,39)40)47-15-23-24(33)3-2-4-25(23)34/h2-12,42-43H,13-18H2,1H3. The van der Waals surface area contributed by atoms with Crippen molar-refractivity contribution in [1.29, 1.82) is 0 Å². The summed E-state index contributed by atoms with van der Waals surface area (Å²) in [4.78, 5) is 13.7. The van der Waals surface area contributed by atoms with E-state index < -0.39 is 110 Å². The number of hydrogen-bond acceptors (Lipinski definition) is 6. The second-order valence-corrected chi connectivity index (χ2v) is 13.8. The number of rotatable bonds is 10. The number of aliphatic hydroxyl groups excluding tert-OH is 2. The molecule has 3 aromatic carbocycles. The van der Waals surface area contributed by atoms with E-state index in [-0.39, 0.29) is 12.1 Å². The molecule has 0 saturated carbocycles. The quantitative estimate of drug-likeness (QED) is 0.212. The van der Waals surface area contributed by atoms with Gasteiger partial charge in [0.15, 0.2) is 9.84 Å². The third-order valence-corrected chi connectivity index (χ3v) is 11.0. The van der Waals surface area contributed by atoms with Crippen molar-refractivity contribution >= 4 is 15.7 Å². The number of likely N-dealkylation sites (tertiary alicyclic amines) is 1. The Hall–Kier alpha value is -3.67. The third-order valence-electron chi connectivity index (χ3n) is 8.48. The lowest BCUT2D eigenvalue weighted by molar-refractivity contribution is -0.392. The molecule has 1 saturated heterocycles. The van der Waals surface area contributed by atoms with Crippen LogP contribution in [0.3, 0.4) is 0 Å². The van der Waals surface area contributed by atoms with E-state index in [9.17, 15) is 62.9 Å². The van der Waals surface area contributed by atoms with E-state index in [1.165, 1.54) is 6.92 Å². The first kappa shape index (κ1) is 37.2. The zero-order valence-corrected chi connectivity index (χ0v) is 25.7. The molecule has 1 aliphatic heterocycles. The van der Waals surface area contributed by atoms with E-state index in [4.69, 9.17) is 0 Å². The summed E-state index contributed by atoms with van der Waals surface area (Å²) < 4.78 is 159. The summed E-state index contributed by atoms with van der Waals surface area (Å²) >= 11 is 0. The van der Waals surface area contributed by atoms with Crippen molar-refractivity contribution in [1.82, 2.24) is 4.90 Å². The van der Waals surface area contributed by atoms with Crippen LogP contribution >= 0.6 is 0 Å². The highest BCUT2D eigenvalue weighted by molar-refractivity contribution is 7.92. The van der Waals surface area contributed by atoms with E-state index in [1.54, 1.807) is 0 Å². The third kappa shape index (κ3) is 6.16. The normalized spacial score (nSPS) is 18.0. The number of carbonyl (C=O) groups is 1. The Morgan fingerprint density at radius 2 is 1.38 bits per heavy atom. The van der Waals surface area contributed by atoms with Gasteiger partial charge in [0.25, 0.3) is 5.60 Å². The molecule has 17 heteroatoms. The van der Waals surface area contributed by atoms with E-state index in [2.05, 4.69) is 4.74 Å². The lowest BCUT2D eigenvalue weighted by Gasteiger charge is -2.38. The number of benzene rings is 3. The van der Waals surface area contributed by atoms with Crippen LogP contribution in [0.1, 0.15) is 30.0 Å². The number of hydrogen-bond donors (Lipinski definition) is 2. The van der Waals surface area contributed by atoms with Crippen LogP contribution in [-0.2, 0) is 36.3 Å². The number of nitrogens with zero attached hydrogens (tertiary/aromatic N) is 1. The number of alkyl halides is 6. The zero-order valence-electron chi connectivity index (χ0n) is 24.9. The first-order valence-electron chi connectivity index (χ1n) is 14.0. The Labute approximate surface area is 268 Å². The fraction of sp³-hybridized carbons (Fsp3) is 0.387. The maximum absolute atomic E-state index is 14.5. The minimum atomic E-state index is -6.26. The molecule has 0 aromatic heterocycles.